The number of rotatable bonds is 4. The molecule has 0 saturated carbocycles. The second kappa shape index (κ2) is 4.52. The lowest BCUT2D eigenvalue weighted by atomic mass is 10.3. The third-order valence-electron chi connectivity index (χ3n) is 1.48. The maximum absolute atomic E-state index is 12.9. The van der Waals surface area contributed by atoms with Gasteiger partial charge in [-0.2, -0.15) is 4.39 Å². The maximum Gasteiger partial charge on any atom is 0.305 e. The van der Waals surface area contributed by atoms with Crippen molar-refractivity contribution in [1.82, 2.24) is 0 Å². The summed E-state index contributed by atoms with van der Waals surface area (Å²) >= 11 is 0. The summed E-state index contributed by atoms with van der Waals surface area (Å²) in [5.74, 6) is -0.799. The lowest BCUT2D eigenvalue weighted by molar-refractivity contribution is -0.387. The Labute approximate surface area is 78.9 Å². The highest BCUT2D eigenvalue weighted by Crippen LogP contribution is 2.21. The molecule has 0 radical (unpaired) electrons. The zero-order valence-electron chi connectivity index (χ0n) is 7.14. The van der Waals surface area contributed by atoms with Crippen LogP contribution in [-0.2, 0) is 0 Å². The fourth-order valence-corrected chi connectivity index (χ4v) is 0.889. The van der Waals surface area contributed by atoms with Crippen LogP contribution in [0.2, 0.25) is 0 Å². The Morgan fingerprint density at radius 2 is 2.29 bits per heavy atom. The number of halogens is 1. The highest BCUT2D eigenvalue weighted by molar-refractivity contribution is 5.37. The third-order valence-corrected chi connectivity index (χ3v) is 1.48. The molecule has 14 heavy (non-hydrogen) atoms. The first-order valence-corrected chi connectivity index (χ1v) is 3.82. The van der Waals surface area contributed by atoms with Crippen LogP contribution in [0.4, 0.5) is 10.1 Å². The number of hydrogen-bond donors (Lipinski definition) is 1. The van der Waals surface area contributed by atoms with Crippen LogP contribution in [0.15, 0.2) is 18.2 Å². The van der Waals surface area contributed by atoms with E-state index in [0.29, 0.717) is 0 Å². The molecule has 1 aromatic rings. The number of nitro benzene ring substituents is 1. The zero-order chi connectivity index (χ0) is 10.6. The van der Waals surface area contributed by atoms with Gasteiger partial charge in [-0.25, -0.2) is 0 Å². The van der Waals surface area contributed by atoms with Crippen molar-refractivity contribution in [2.45, 2.75) is 0 Å². The van der Waals surface area contributed by atoms with Crippen molar-refractivity contribution in [3.8, 4) is 5.75 Å². The van der Waals surface area contributed by atoms with E-state index in [1.54, 1.807) is 0 Å². The lowest BCUT2D eigenvalue weighted by Crippen LogP contribution is -2.02. The highest BCUT2D eigenvalue weighted by Gasteiger charge is 2.13. The molecule has 1 aromatic carbocycles. The average molecular weight is 201 g/mol. The Bertz CT molecular complexity index is 342. The standard InChI is InChI=1S/C8H8FNO4/c9-7-5-6(14-4-3-11)1-2-8(7)10(12)13/h1-2,5,11H,3-4H2. The molecule has 1 N–H and O–H groups in total. The lowest BCUT2D eigenvalue weighted by Gasteiger charge is -2.03. The van der Waals surface area contributed by atoms with Crippen molar-refractivity contribution >= 4 is 5.69 Å². The van der Waals surface area contributed by atoms with Gasteiger partial charge in [0.1, 0.15) is 12.4 Å². The topological polar surface area (TPSA) is 72.6 Å². The zero-order valence-corrected chi connectivity index (χ0v) is 7.14. The summed E-state index contributed by atoms with van der Waals surface area (Å²) in [4.78, 5) is 9.42. The molecule has 0 aliphatic heterocycles. The Hall–Kier alpha value is -1.69. The van der Waals surface area contributed by atoms with E-state index < -0.39 is 16.4 Å². The molecule has 0 aliphatic carbocycles. The van der Waals surface area contributed by atoms with Crippen molar-refractivity contribution in [2.24, 2.45) is 0 Å². The number of aliphatic hydroxyl groups excluding tert-OH is 1. The van der Waals surface area contributed by atoms with Crippen LogP contribution < -0.4 is 4.74 Å². The molecule has 0 aliphatic rings. The van der Waals surface area contributed by atoms with E-state index in [1.807, 2.05) is 0 Å². The van der Waals surface area contributed by atoms with E-state index in [9.17, 15) is 14.5 Å². The summed E-state index contributed by atoms with van der Waals surface area (Å²) < 4.78 is 17.8. The second-order valence-corrected chi connectivity index (χ2v) is 2.44. The smallest absolute Gasteiger partial charge is 0.305 e. The molecule has 0 fully saturated rings. The quantitative estimate of drug-likeness (QED) is 0.584. The molecular formula is C8H8FNO4. The Morgan fingerprint density at radius 3 is 2.79 bits per heavy atom. The summed E-state index contributed by atoms with van der Waals surface area (Å²) in [6.07, 6.45) is 0. The van der Waals surface area contributed by atoms with E-state index in [1.165, 1.54) is 6.07 Å². The van der Waals surface area contributed by atoms with Gasteiger partial charge in [0, 0.05) is 12.1 Å². The molecule has 0 bridgehead atoms. The van der Waals surface area contributed by atoms with E-state index in [0.717, 1.165) is 12.1 Å². The van der Waals surface area contributed by atoms with Gasteiger partial charge >= 0.3 is 5.69 Å². The molecule has 0 saturated heterocycles. The number of nitro groups is 1. The molecule has 0 unspecified atom stereocenters. The molecule has 0 spiro atoms. The molecule has 76 valence electrons. The Morgan fingerprint density at radius 1 is 1.57 bits per heavy atom. The van der Waals surface area contributed by atoms with Crippen molar-refractivity contribution in [1.29, 1.82) is 0 Å². The molecule has 1 rings (SSSR count). The van der Waals surface area contributed by atoms with E-state index in [2.05, 4.69) is 0 Å². The number of benzene rings is 1. The fourth-order valence-electron chi connectivity index (χ4n) is 0.889. The minimum atomic E-state index is -0.953. The van der Waals surface area contributed by atoms with E-state index in [4.69, 9.17) is 9.84 Å². The molecule has 6 heteroatoms. The van der Waals surface area contributed by atoms with Gasteiger partial charge in [-0.05, 0) is 6.07 Å². The number of aliphatic hydroxyl groups is 1. The molecule has 5 nitrogen and oxygen atoms in total. The molecule has 0 amide bonds. The largest absolute Gasteiger partial charge is 0.491 e. The molecular weight excluding hydrogens is 193 g/mol. The van der Waals surface area contributed by atoms with Crippen molar-refractivity contribution in [3.05, 3.63) is 34.1 Å². The molecule has 0 aromatic heterocycles. The first-order valence-electron chi connectivity index (χ1n) is 3.82. The minimum Gasteiger partial charge on any atom is -0.491 e. The van der Waals surface area contributed by atoms with Crippen LogP contribution in [0.5, 0.6) is 5.75 Å². The minimum absolute atomic E-state index is 0.0251. The van der Waals surface area contributed by atoms with Gasteiger partial charge in [-0.3, -0.25) is 10.1 Å². The summed E-state index contributed by atoms with van der Waals surface area (Å²) in [7, 11) is 0. The molecule has 0 heterocycles. The fraction of sp³-hybridized carbons (Fsp3) is 0.250. The predicted molar refractivity (Wildman–Crippen MR) is 45.6 cm³/mol. The van der Waals surface area contributed by atoms with Gasteiger partial charge in [-0.15, -0.1) is 0 Å². The summed E-state index contributed by atoms with van der Waals surface area (Å²) in [5, 5.41) is 18.6. The third kappa shape index (κ3) is 2.40. The Balaban J connectivity index is 2.83. The average Bonchev–Trinajstić information content (AvgIpc) is 2.14. The SMILES string of the molecule is O=[N+]([O-])c1ccc(OCCO)cc1F. The van der Waals surface area contributed by atoms with Crippen LogP contribution >= 0.6 is 0 Å². The summed E-state index contributed by atoms with van der Waals surface area (Å²) in [5.41, 5.74) is -0.596. The molecule has 0 atom stereocenters. The summed E-state index contributed by atoms with van der Waals surface area (Å²) in [6.45, 7) is -0.171. The van der Waals surface area contributed by atoms with Crippen molar-refractivity contribution < 1.29 is 19.2 Å². The first-order chi connectivity index (χ1) is 6.65. The van der Waals surface area contributed by atoms with E-state index in [-0.39, 0.29) is 19.0 Å². The number of hydrogen-bond acceptors (Lipinski definition) is 4. The van der Waals surface area contributed by atoms with Crippen LogP contribution in [0, 0.1) is 15.9 Å². The van der Waals surface area contributed by atoms with Crippen LogP contribution in [0.25, 0.3) is 0 Å². The van der Waals surface area contributed by atoms with Gasteiger partial charge in [0.2, 0.25) is 5.82 Å². The normalized spacial score (nSPS) is 9.86. The van der Waals surface area contributed by atoms with Crippen LogP contribution in [0.1, 0.15) is 0 Å². The number of ether oxygens (including phenoxy) is 1. The van der Waals surface area contributed by atoms with Crippen LogP contribution in [-0.4, -0.2) is 23.2 Å². The van der Waals surface area contributed by atoms with Gasteiger partial charge in [0.25, 0.3) is 0 Å². The predicted octanol–water partition coefficient (Wildman–Crippen LogP) is 1.10. The van der Waals surface area contributed by atoms with Gasteiger partial charge in [0.05, 0.1) is 11.5 Å². The Kier molecular flexibility index (Phi) is 3.35. The maximum atomic E-state index is 12.9. The van der Waals surface area contributed by atoms with Crippen LogP contribution in [0.3, 0.4) is 0 Å². The van der Waals surface area contributed by atoms with Crippen molar-refractivity contribution in [3.63, 3.8) is 0 Å². The van der Waals surface area contributed by atoms with Gasteiger partial charge in [0.15, 0.2) is 0 Å². The van der Waals surface area contributed by atoms with Gasteiger partial charge < -0.3 is 9.84 Å². The summed E-state index contributed by atoms with van der Waals surface area (Å²) in [6, 6.07) is 3.20. The number of nitrogens with zero attached hydrogens (tertiary/aromatic N) is 1. The van der Waals surface area contributed by atoms with Crippen molar-refractivity contribution in [2.75, 3.05) is 13.2 Å². The highest BCUT2D eigenvalue weighted by atomic mass is 19.1. The monoisotopic (exact) mass is 201 g/mol. The van der Waals surface area contributed by atoms with Gasteiger partial charge in [-0.1, -0.05) is 0 Å². The first kappa shape index (κ1) is 10.4. The van der Waals surface area contributed by atoms with E-state index >= 15 is 0 Å². The second-order valence-electron chi connectivity index (χ2n) is 2.44.